The number of ether oxygens (including phenoxy) is 3. The number of carbonyl (C=O) groups is 1. The van der Waals surface area contributed by atoms with Crippen molar-refractivity contribution in [2.45, 2.75) is 64.4 Å². The number of hydrogen-bond donors (Lipinski definition) is 0. The molecule has 0 unspecified atom stereocenters. The molecule has 0 radical (unpaired) electrons. The number of hydrogen-bond acceptors (Lipinski definition) is 6. The van der Waals surface area contributed by atoms with E-state index in [1.165, 1.54) is 13.3 Å². The third-order valence-electron chi connectivity index (χ3n) is 4.85. The second-order valence-electron chi connectivity index (χ2n) is 7.16. The van der Waals surface area contributed by atoms with Crippen molar-refractivity contribution in [2.75, 3.05) is 0 Å². The van der Waals surface area contributed by atoms with Gasteiger partial charge in [0.2, 0.25) is 0 Å². The summed E-state index contributed by atoms with van der Waals surface area (Å²) >= 11 is 0. The Kier molecular flexibility index (Phi) is 3.16. The molecule has 4 rings (SSSR count). The van der Waals surface area contributed by atoms with Gasteiger partial charge < -0.3 is 18.8 Å². The fourth-order valence-electron chi connectivity index (χ4n) is 3.94. The van der Waals surface area contributed by atoms with Gasteiger partial charge in [-0.05, 0) is 40.7 Å². The van der Waals surface area contributed by atoms with Crippen LogP contribution in [0.5, 0.6) is 0 Å². The average molecular weight is 331 g/mol. The van der Waals surface area contributed by atoms with Crippen molar-refractivity contribution >= 4 is 16.8 Å². The third-order valence-corrected chi connectivity index (χ3v) is 4.85. The number of rotatable bonds is 2. The van der Waals surface area contributed by atoms with Crippen LogP contribution in [0.3, 0.4) is 0 Å². The molecule has 2 aliphatic heterocycles. The number of fused-ring (bicyclic) bond motifs is 2. The van der Waals surface area contributed by atoms with Gasteiger partial charge in [0, 0.05) is 11.6 Å². The molecule has 2 aromatic rings. The smallest absolute Gasteiger partial charge is 0.165 e. The van der Waals surface area contributed by atoms with Gasteiger partial charge in [-0.25, -0.2) is 9.97 Å². The molecule has 128 valence electrons. The lowest BCUT2D eigenvalue weighted by molar-refractivity contribution is -0.209. The Hall–Kier alpha value is -1.83. The third kappa shape index (κ3) is 2.05. The van der Waals surface area contributed by atoms with E-state index in [4.69, 9.17) is 14.2 Å². The Labute approximate surface area is 139 Å². The van der Waals surface area contributed by atoms with Gasteiger partial charge in [-0.15, -0.1) is 0 Å². The predicted molar refractivity (Wildman–Crippen MR) is 85.3 cm³/mol. The minimum absolute atomic E-state index is 0.0754. The Bertz CT molecular complexity index is 830. The van der Waals surface area contributed by atoms with Crippen molar-refractivity contribution in [3.8, 4) is 0 Å². The number of carbonyl (C=O) groups excluding carboxylic acids is 1. The molecule has 2 aliphatic rings. The fraction of sp³-hybridized carbons (Fsp3) is 0.588. The summed E-state index contributed by atoms with van der Waals surface area (Å²) in [5.74, 6) is -0.850. The molecule has 24 heavy (non-hydrogen) atoms. The summed E-state index contributed by atoms with van der Waals surface area (Å²) < 4.78 is 20.2. The van der Waals surface area contributed by atoms with Gasteiger partial charge in [-0.2, -0.15) is 0 Å². The quantitative estimate of drug-likeness (QED) is 0.839. The molecule has 0 N–H and O–H groups in total. The van der Waals surface area contributed by atoms with E-state index < -0.39 is 29.8 Å². The number of ketones is 1. The second-order valence-corrected chi connectivity index (χ2v) is 7.16. The maximum Gasteiger partial charge on any atom is 0.165 e. The van der Waals surface area contributed by atoms with E-state index in [0.717, 1.165) is 16.7 Å². The van der Waals surface area contributed by atoms with Gasteiger partial charge in [-0.3, -0.25) is 4.79 Å². The average Bonchev–Trinajstić information content (AvgIpc) is 3.07. The molecule has 2 saturated heterocycles. The zero-order valence-electron chi connectivity index (χ0n) is 14.4. The zero-order chi connectivity index (χ0) is 17.3. The first-order valence-corrected chi connectivity index (χ1v) is 8.05. The SMILES string of the molecule is CC(=O)[C@H]1O[C@@H](n2ccc3c(C)ncnc32)[C@@H]2OC(C)(C)O[C@]12C. The molecule has 4 atom stereocenters. The van der Waals surface area contributed by atoms with Crippen LogP contribution in [0.4, 0.5) is 0 Å². The highest BCUT2D eigenvalue weighted by Gasteiger charge is 2.65. The summed E-state index contributed by atoms with van der Waals surface area (Å²) in [5, 5.41) is 0.951. The van der Waals surface area contributed by atoms with E-state index >= 15 is 0 Å². The van der Waals surface area contributed by atoms with Gasteiger partial charge in [-0.1, -0.05) is 0 Å². The Morgan fingerprint density at radius 2 is 2.04 bits per heavy atom. The molecular formula is C17H21N3O4. The maximum atomic E-state index is 12.1. The van der Waals surface area contributed by atoms with Crippen LogP contribution in [0.15, 0.2) is 18.6 Å². The topological polar surface area (TPSA) is 75.5 Å². The summed E-state index contributed by atoms with van der Waals surface area (Å²) in [4.78, 5) is 20.7. The lowest BCUT2D eigenvalue weighted by atomic mass is 9.92. The van der Waals surface area contributed by atoms with Crippen LogP contribution >= 0.6 is 0 Å². The van der Waals surface area contributed by atoms with Gasteiger partial charge in [0.25, 0.3) is 0 Å². The highest BCUT2D eigenvalue weighted by atomic mass is 16.8. The molecule has 2 fully saturated rings. The van der Waals surface area contributed by atoms with Crippen molar-refractivity contribution in [1.29, 1.82) is 0 Å². The van der Waals surface area contributed by atoms with Crippen LogP contribution in [0, 0.1) is 6.92 Å². The lowest BCUT2D eigenvalue weighted by Gasteiger charge is -2.27. The molecule has 0 bridgehead atoms. The normalized spacial score (nSPS) is 34.6. The molecule has 2 aromatic heterocycles. The first-order chi connectivity index (χ1) is 11.2. The molecule has 0 aliphatic carbocycles. The minimum atomic E-state index is -0.835. The molecule has 7 nitrogen and oxygen atoms in total. The predicted octanol–water partition coefficient (Wildman–Crippen LogP) is 2.14. The maximum absolute atomic E-state index is 12.1. The Morgan fingerprint density at radius 1 is 1.29 bits per heavy atom. The number of Topliss-reactive ketones (excluding diaryl/α,β-unsaturated/α-hetero) is 1. The van der Waals surface area contributed by atoms with E-state index in [1.807, 2.05) is 44.5 Å². The minimum Gasteiger partial charge on any atom is -0.341 e. The van der Waals surface area contributed by atoms with Crippen LogP contribution in [0.1, 0.15) is 39.6 Å². The van der Waals surface area contributed by atoms with Crippen molar-refractivity contribution < 1.29 is 19.0 Å². The van der Waals surface area contributed by atoms with Gasteiger partial charge >= 0.3 is 0 Å². The zero-order valence-corrected chi connectivity index (χ0v) is 14.4. The fourth-order valence-corrected chi connectivity index (χ4v) is 3.94. The van der Waals surface area contributed by atoms with Crippen molar-refractivity contribution in [2.24, 2.45) is 0 Å². The number of nitrogens with zero attached hydrogens (tertiary/aromatic N) is 3. The van der Waals surface area contributed by atoms with Crippen LogP contribution in [-0.4, -0.2) is 43.9 Å². The Morgan fingerprint density at radius 3 is 2.75 bits per heavy atom. The van der Waals surface area contributed by atoms with Crippen molar-refractivity contribution in [1.82, 2.24) is 14.5 Å². The summed E-state index contributed by atoms with van der Waals surface area (Å²) in [7, 11) is 0. The highest BCUT2D eigenvalue weighted by molar-refractivity contribution is 5.83. The van der Waals surface area contributed by atoms with Crippen molar-refractivity contribution in [3.05, 3.63) is 24.3 Å². The van der Waals surface area contributed by atoms with Gasteiger partial charge in [0.05, 0.1) is 5.69 Å². The molecule has 0 spiro atoms. The van der Waals surface area contributed by atoms with Crippen molar-refractivity contribution in [3.63, 3.8) is 0 Å². The molecule has 0 amide bonds. The summed E-state index contributed by atoms with van der Waals surface area (Å²) in [5.41, 5.74) is 0.817. The summed E-state index contributed by atoms with van der Waals surface area (Å²) in [6, 6.07) is 1.95. The largest absolute Gasteiger partial charge is 0.341 e. The van der Waals surface area contributed by atoms with E-state index in [9.17, 15) is 4.79 Å². The first kappa shape index (κ1) is 15.7. The standard InChI is InChI=1S/C17H21N3O4/c1-9-11-6-7-20(14(11)19-8-18-9)15-13-17(5,12(22-15)10(2)21)24-16(3,4)23-13/h6-8,12-13,15H,1-5H3/t12-,13+,15-,17-/m1/s1. The summed E-state index contributed by atoms with van der Waals surface area (Å²) in [6.07, 6.45) is 1.84. The van der Waals surface area contributed by atoms with E-state index in [2.05, 4.69) is 9.97 Å². The van der Waals surface area contributed by atoms with Crippen LogP contribution in [0.25, 0.3) is 11.0 Å². The molecular weight excluding hydrogens is 310 g/mol. The second kappa shape index (κ2) is 4.84. The van der Waals surface area contributed by atoms with Gasteiger partial charge in [0.15, 0.2) is 17.8 Å². The molecule has 0 aromatic carbocycles. The number of aryl methyl sites for hydroxylation is 1. The molecule has 4 heterocycles. The lowest BCUT2D eigenvalue weighted by Crippen LogP contribution is -2.46. The van der Waals surface area contributed by atoms with Gasteiger partial charge in [0.1, 0.15) is 29.8 Å². The number of aromatic nitrogens is 3. The van der Waals surface area contributed by atoms with E-state index in [1.54, 1.807) is 0 Å². The molecule has 7 heteroatoms. The highest BCUT2D eigenvalue weighted by Crippen LogP contribution is 2.50. The van der Waals surface area contributed by atoms with Crippen LogP contribution < -0.4 is 0 Å². The monoisotopic (exact) mass is 331 g/mol. The Balaban J connectivity index is 1.83. The van der Waals surface area contributed by atoms with Crippen LogP contribution in [0.2, 0.25) is 0 Å². The van der Waals surface area contributed by atoms with E-state index in [-0.39, 0.29) is 5.78 Å². The molecule has 0 saturated carbocycles. The van der Waals surface area contributed by atoms with E-state index in [0.29, 0.717) is 0 Å². The first-order valence-electron chi connectivity index (χ1n) is 8.05. The van der Waals surface area contributed by atoms with Crippen LogP contribution in [-0.2, 0) is 19.0 Å². The summed E-state index contributed by atoms with van der Waals surface area (Å²) in [6.45, 7) is 9.04.